The molecule has 0 N–H and O–H groups in total. The summed E-state index contributed by atoms with van der Waals surface area (Å²) >= 11 is 5.95. The normalized spacial score (nSPS) is 10.7. The van der Waals surface area contributed by atoms with Gasteiger partial charge in [0.1, 0.15) is 0 Å². The Balaban J connectivity index is 2.46. The molecule has 0 saturated carbocycles. The van der Waals surface area contributed by atoms with Crippen LogP contribution in [0.15, 0.2) is 6.07 Å². The van der Waals surface area contributed by atoms with Crippen molar-refractivity contribution in [3.05, 3.63) is 22.9 Å². The topological polar surface area (TPSA) is 22.1 Å². The van der Waals surface area contributed by atoms with Crippen LogP contribution < -0.4 is 4.74 Å². The molecule has 1 rings (SSSR count). The standard InChI is InChI=1S/C15H24ClNO/c1-4-5-6-7-8-9-18-15-14(11-16)12(2)10-13(3)17-15/h10H,4-9,11H2,1-3H3. The molecule has 18 heavy (non-hydrogen) atoms. The fourth-order valence-electron chi connectivity index (χ4n) is 1.99. The fraction of sp³-hybridized carbons (Fsp3) is 0.667. The van der Waals surface area contributed by atoms with E-state index >= 15 is 0 Å². The summed E-state index contributed by atoms with van der Waals surface area (Å²) in [5.74, 6) is 1.18. The molecule has 2 nitrogen and oxygen atoms in total. The SMILES string of the molecule is CCCCCCCOc1nc(C)cc(C)c1CCl. The van der Waals surface area contributed by atoms with Crippen LogP contribution in [0, 0.1) is 13.8 Å². The number of rotatable bonds is 8. The predicted molar refractivity (Wildman–Crippen MR) is 77.5 cm³/mol. The van der Waals surface area contributed by atoms with Crippen molar-refractivity contribution < 1.29 is 4.74 Å². The minimum absolute atomic E-state index is 0.463. The molecule has 1 aromatic heterocycles. The predicted octanol–water partition coefficient (Wildman–Crippen LogP) is 4.79. The maximum absolute atomic E-state index is 5.95. The van der Waals surface area contributed by atoms with E-state index in [1.54, 1.807) is 0 Å². The van der Waals surface area contributed by atoms with Crippen LogP contribution in [-0.2, 0) is 5.88 Å². The lowest BCUT2D eigenvalue weighted by Gasteiger charge is -2.12. The largest absolute Gasteiger partial charge is 0.477 e. The summed E-state index contributed by atoms with van der Waals surface area (Å²) in [7, 11) is 0. The first-order chi connectivity index (χ1) is 8.69. The molecule has 0 saturated heterocycles. The van der Waals surface area contributed by atoms with Gasteiger partial charge in [-0.05, 0) is 31.9 Å². The van der Waals surface area contributed by atoms with Gasteiger partial charge >= 0.3 is 0 Å². The smallest absolute Gasteiger partial charge is 0.218 e. The van der Waals surface area contributed by atoms with Gasteiger partial charge in [0.25, 0.3) is 0 Å². The van der Waals surface area contributed by atoms with E-state index in [9.17, 15) is 0 Å². The van der Waals surface area contributed by atoms with E-state index in [1.165, 1.54) is 31.2 Å². The van der Waals surface area contributed by atoms with Gasteiger partial charge in [-0.3, -0.25) is 0 Å². The Kier molecular flexibility index (Phi) is 7.11. The minimum atomic E-state index is 0.463. The number of halogens is 1. The maximum atomic E-state index is 5.95. The van der Waals surface area contributed by atoms with Crippen molar-refractivity contribution in [3.8, 4) is 5.88 Å². The van der Waals surface area contributed by atoms with Crippen molar-refractivity contribution in [1.82, 2.24) is 4.98 Å². The molecule has 3 heteroatoms. The monoisotopic (exact) mass is 269 g/mol. The Hall–Kier alpha value is -0.760. The summed E-state index contributed by atoms with van der Waals surface area (Å²) in [5, 5.41) is 0. The van der Waals surface area contributed by atoms with E-state index in [-0.39, 0.29) is 0 Å². The van der Waals surface area contributed by atoms with Crippen molar-refractivity contribution in [1.29, 1.82) is 0 Å². The fourth-order valence-corrected chi connectivity index (χ4v) is 2.31. The first-order valence-electron chi connectivity index (χ1n) is 6.85. The molecule has 0 atom stereocenters. The van der Waals surface area contributed by atoms with Crippen molar-refractivity contribution in [2.24, 2.45) is 0 Å². The van der Waals surface area contributed by atoms with Gasteiger partial charge in [-0.2, -0.15) is 0 Å². The first-order valence-corrected chi connectivity index (χ1v) is 7.38. The van der Waals surface area contributed by atoms with Crippen LogP contribution >= 0.6 is 11.6 Å². The second-order valence-corrected chi connectivity index (χ2v) is 5.03. The summed E-state index contributed by atoms with van der Waals surface area (Å²) in [6.07, 6.45) is 6.21. The Labute approximate surface area is 116 Å². The van der Waals surface area contributed by atoms with E-state index in [1.807, 2.05) is 13.0 Å². The first kappa shape index (κ1) is 15.3. The minimum Gasteiger partial charge on any atom is -0.477 e. The molecule has 0 radical (unpaired) electrons. The van der Waals surface area contributed by atoms with Gasteiger partial charge in [0, 0.05) is 11.3 Å². The average Bonchev–Trinajstić information content (AvgIpc) is 2.33. The number of alkyl halides is 1. The molecule has 0 aliphatic carbocycles. The van der Waals surface area contributed by atoms with Crippen molar-refractivity contribution >= 4 is 11.6 Å². The third kappa shape index (κ3) is 4.85. The molecule has 102 valence electrons. The van der Waals surface area contributed by atoms with Crippen LogP contribution in [0.25, 0.3) is 0 Å². The molecule has 0 bridgehead atoms. The van der Waals surface area contributed by atoms with Gasteiger partial charge in [0.15, 0.2) is 0 Å². The number of pyridine rings is 1. The van der Waals surface area contributed by atoms with Crippen LogP contribution in [0.2, 0.25) is 0 Å². The van der Waals surface area contributed by atoms with E-state index in [2.05, 4.69) is 18.8 Å². The van der Waals surface area contributed by atoms with Gasteiger partial charge in [0.2, 0.25) is 5.88 Å². The van der Waals surface area contributed by atoms with Crippen LogP contribution in [0.3, 0.4) is 0 Å². The van der Waals surface area contributed by atoms with Gasteiger partial charge in [-0.15, -0.1) is 11.6 Å². The third-order valence-corrected chi connectivity index (χ3v) is 3.33. The zero-order valence-electron chi connectivity index (χ0n) is 11.8. The summed E-state index contributed by atoms with van der Waals surface area (Å²) in [4.78, 5) is 4.43. The molecule has 0 fully saturated rings. The quantitative estimate of drug-likeness (QED) is 0.500. The molecule has 0 aromatic carbocycles. The molecule has 1 aromatic rings. The molecule has 0 aliphatic heterocycles. The summed E-state index contributed by atoms with van der Waals surface area (Å²) in [6.45, 7) is 7.01. The Morgan fingerprint density at radius 3 is 2.56 bits per heavy atom. The second kappa shape index (κ2) is 8.36. The molecule has 0 spiro atoms. The molecule has 0 unspecified atom stereocenters. The lowest BCUT2D eigenvalue weighted by molar-refractivity contribution is 0.290. The second-order valence-electron chi connectivity index (χ2n) is 4.76. The van der Waals surface area contributed by atoms with Crippen molar-refractivity contribution in [3.63, 3.8) is 0 Å². The summed E-state index contributed by atoms with van der Waals surface area (Å²) in [6, 6.07) is 2.05. The van der Waals surface area contributed by atoms with E-state index in [0.717, 1.165) is 30.2 Å². The molecule has 0 amide bonds. The molecule has 1 heterocycles. The highest BCUT2D eigenvalue weighted by Crippen LogP contribution is 2.23. The highest BCUT2D eigenvalue weighted by molar-refractivity contribution is 6.17. The maximum Gasteiger partial charge on any atom is 0.218 e. The highest BCUT2D eigenvalue weighted by Gasteiger charge is 2.08. The summed E-state index contributed by atoms with van der Waals surface area (Å²) < 4.78 is 5.77. The van der Waals surface area contributed by atoms with E-state index in [0.29, 0.717) is 5.88 Å². The van der Waals surface area contributed by atoms with Crippen molar-refractivity contribution in [2.75, 3.05) is 6.61 Å². The van der Waals surface area contributed by atoms with Gasteiger partial charge in [-0.25, -0.2) is 4.98 Å². The van der Waals surface area contributed by atoms with Crippen molar-refractivity contribution in [2.45, 2.75) is 58.8 Å². The Morgan fingerprint density at radius 2 is 1.89 bits per heavy atom. The Bertz CT molecular complexity index is 366. The molecular weight excluding hydrogens is 246 g/mol. The zero-order valence-corrected chi connectivity index (χ0v) is 12.5. The van der Waals surface area contributed by atoms with Crippen LogP contribution in [0.5, 0.6) is 5.88 Å². The molecular formula is C15H24ClNO. The number of hydrogen-bond acceptors (Lipinski definition) is 2. The number of aryl methyl sites for hydroxylation is 2. The number of nitrogens with zero attached hydrogens (tertiary/aromatic N) is 1. The number of aromatic nitrogens is 1. The van der Waals surface area contributed by atoms with Gasteiger partial charge in [0.05, 0.1) is 12.5 Å². The number of ether oxygens (including phenoxy) is 1. The number of unbranched alkanes of at least 4 members (excludes halogenated alkanes) is 4. The zero-order chi connectivity index (χ0) is 13.4. The van der Waals surface area contributed by atoms with Gasteiger partial charge < -0.3 is 4.74 Å². The van der Waals surface area contributed by atoms with Crippen LogP contribution in [0.4, 0.5) is 0 Å². The average molecular weight is 270 g/mol. The third-order valence-electron chi connectivity index (χ3n) is 3.06. The highest BCUT2D eigenvalue weighted by atomic mass is 35.5. The summed E-state index contributed by atoms with van der Waals surface area (Å²) in [5.41, 5.74) is 3.18. The number of hydrogen-bond donors (Lipinski definition) is 0. The lowest BCUT2D eigenvalue weighted by Crippen LogP contribution is -2.04. The Morgan fingerprint density at radius 1 is 1.17 bits per heavy atom. The van der Waals surface area contributed by atoms with Gasteiger partial charge in [-0.1, -0.05) is 32.6 Å². The lowest BCUT2D eigenvalue weighted by atomic mass is 10.1. The van der Waals surface area contributed by atoms with E-state index in [4.69, 9.17) is 16.3 Å². The van der Waals surface area contributed by atoms with E-state index < -0.39 is 0 Å². The molecule has 0 aliphatic rings. The van der Waals surface area contributed by atoms with Crippen LogP contribution in [0.1, 0.15) is 55.8 Å². The van der Waals surface area contributed by atoms with Crippen LogP contribution in [-0.4, -0.2) is 11.6 Å².